The van der Waals surface area contributed by atoms with Crippen LogP contribution in [0.5, 0.6) is 0 Å². The number of amides is 4. The summed E-state index contributed by atoms with van der Waals surface area (Å²) in [6.07, 6.45) is 0. The van der Waals surface area contributed by atoms with Gasteiger partial charge in [-0.05, 0) is 33.7 Å². The van der Waals surface area contributed by atoms with E-state index < -0.39 is 49.0 Å². The Bertz CT molecular complexity index is 1690. The first kappa shape index (κ1) is 30.6. The van der Waals surface area contributed by atoms with Gasteiger partial charge in [0.2, 0.25) is 23.6 Å². The van der Waals surface area contributed by atoms with Gasteiger partial charge in [0, 0.05) is 13.1 Å². The topological polar surface area (TPSA) is 134 Å². The van der Waals surface area contributed by atoms with Crippen molar-refractivity contribution in [2.75, 3.05) is 52.7 Å². The van der Waals surface area contributed by atoms with Crippen molar-refractivity contribution in [2.24, 2.45) is 0 Å². The molecule has 2 fully saturated rings. The molecule has 234 valence electrons. The molecular formula is C34H30N4O8. The molecule has 2 heterocycles. The van der Waals surface area contributed by atoms with E-state index in [-0.39, 0.29) is 39.3 Å². The van der Waals surface area contributed by atoms with Crippen LogP contribution in [-0.2, 0) is 28.7 Å². The van der Waals surface area contributed by atoms with Crippen LogP contribution in [0, 0.1) is 0 Å². The van der Waals surface area contributed by atoms with Crippen LogP contribution in [0.3, 0.4) is 0 Å². The van der Waals surface area contributed by atoms with Gasteiger partial charge in [0.05, 0.1) is 37.3 Å². The van der Waals surface area contributed by atoms with Crippen LogP contribution < -0.4 is 0 Å². The van der Waals surface area contributed by atoms with E-state index in [4.69, 9.17) is 9.47 Å². The monoisotopic (exact) mass is 622 g/mol. The molecule has 46 heavy (non-hydrogen) atoms. The molecule has 0 bridgehead atoms. The SMILES string of the molecule is O=C(OCN1C(=O)CN(CCN2CC(=O)N(COC(=O)c3cccc4ccccc34)C(=O)C2)CC1=O)c1cccc2ccccc12. The zero-order chi connectivity index (χ0) is 32.2. The lowest BCUT2D eigenvalue weighted by Gasteiger charge is -2.35. The maximum atomic E-state index is 12.8. The predicted octanol–water partition coefficient (Wildman–Crippen LogP) is 2.26. The molecule has 2 saturated heterocycles. The first-order chi connectivity index (χ1) is 22.3. The second kappa shape index (κ2) is 13.3. The highest BCUT2D eigenvalue weighted by atomic mass is 16.6. The van der Waals surface area contributed by atoms with Gasteiger partial charge in [0.25, 0.3) is 0 Å². The lowest BCUT2D eigenvalue weighted by Crippen LogP contribution is -2.58. The van der Waals surface area contributed by atoms with Gasteiger partial charge >= 0.3 is 11.9 Å². The third-order valence-electron chi connectivity index (χ3n) is 8.04. The van der Waals surface area contributed by atoms with Gasteiger partial charge in [0.15, 0.2) is 13.5 Å². The molecule has 12 nitrogen and oxygen atoms in total. The lowest BCUT2D eigenvalue weighted by atomic mass is 10.1. The van der Waals surface area contributed by atoms with Crippen LogP contribution >= 0.6 is 0 Å². The van der Waals surface area contributed by atoms with Crippen LogP contribution in [0.15, 0.2) is 84.9 Å². The zero-order valence-electron chi connectivity index (χ0n) is 24.8. The van der Waals surface area contributed by atoms with E-state index >= 15 is 0 Å². The number of carbonyl (C=O) groups excluding carboxylic acids is 6. The molecule has 0 saturated carbocycles. The Labute approximate surface area is 263 Å². The zero-order valence-corrected chi connectivity index (χ0v) is 24.8. The predicted molar refractivity (Wildman–Crippen MR) is 165 cm³/mol. The fraction of sp³-hybridized carbons (Fsp3) is 0.235. The molecule has 0 aromatic heterocycles. The minimum Gasteiger partial charge on any atom is -0.440 e. The van der Waals surface area contributed by atoms with E-state index in [1.165, 1.54) is 0 Å². The number of hydrogen-bond donors (Lipinski definition) is 0. The fourth-order valence-electron chi connectivity index (χ4n) is 5.59. The molecule has 6 rings (SSSR count). The van der Waals surface area contributed by atoms with Gasteiger partial charge < -0.3 is 9.47 Å². The summed E-state index contributed by atoms with van der Waals surface area (Å²) >= 11 is 0. The molecule has 4 amide bonds. The van der Waals surface area contributed by atoms with Gasteiger partial charge in [-0.25, -0.2) is 19.4 Å². The minimum absolute atomic E-state index is 0.0937. The molecule has 4 aromatic carbocycles. The normalized spacial score (nSPS) is 16.3. The van der Waals surface area contributed by atoms with E-state index in [9.17, 15) is 28.8 Å². The Kier molecular flexibility index (Phi) is 8.81. The molecule has 2 aliphatic heterocycles. The summed E-state index contributed by atoms with van der Waals surface area (Å²) in [4.78, 5) is 81.7. The number of hydrogen-bond acceptors (Lipinski definition) is 10. The highest BCUT2D eigenvalue weighted by molar-refractivity contribution is 6.06. The fourth-order valence-corrected chi connectivity index (χ4v) is 5.59. The molecule has 0 atom stereocenters. The average molecular weight is 623 g/mol. The first-order valence-electron chi connectivity index (χ1n) is 14.7. The number of nitrogens with zero attached hydrogens (tertiary/aromatic N) is 4. The van der Waals surface area contributed by atoms with E-state index in [0.29, 0.717) is 21.9 Å². The number of imide groups is 2. The summed E-state index contributed by atoms with van der Waals surface area (Å²) in [5.41, 5.74) is 0.674. The second-order valence-corrected chi connectivity index (χ2v) is 11.0. The third kappa shape index (κ3) is 6.48. The average Bonchev–Trinajstić information content (AvgIpc) is 3.05. The van der Waals surface area contributed by atoms with Crippen molar-refractivity contribution in [1.82, 2.24) is 19.6 Å². The van der Waals surface area contributed by atoms with Crippen molar-refractivity contribution in [3.63, 3.8) is 0 Å². The Morgan fingerprint density at radius 3 is 1.24 bits per heavy atom. The van der Waals surface area contributed by atoms with E-state index in [1.54, 1.807) is 46.2 Å². The van der Waals surface area contributed by atoms with Gasteiger partial charge in [-0.3, -0.25) is 29.0 Å². The molecule has 0 radical (unpaired) electrons. The van der Waals surface area contributed by atoms with E-state index in [0.717, 1.165) is 20.6 Å². The molecule has 4 aromatic rings. The van der Waals surface area contributed by atoms with Crippen molar-refractivity contribution >= 4 is 57.1 Å². The maximum absolute atomic E-state index is 12.8. The number of esters is 2. The molecule has 0 aliphatic carbocycles. The highest BCUT2D eigenvalue weighted by Gasteiger charge is 2.35. The van der Waals surface area contributed by atoms with Crippen LogP contribution in [-0.4, -0.2) is 108 Å². The Morgan fingerprint density at radius 2 is 0.848 bits per heavy atom. The number of benzene rings is 4. The standard InChI is InChI=1S/C34H30N4O8/c39-29-17-35(18-30(40)37(29)21-45-33(43)27-13-5-9-23-7-1-3-11-25(23)27)15-16-36-19-31(41)38(32(42)20-36)22-46-34(44)28-14-6-10-24-8-2-4-12-26(24)28/h1-14H,15-22H2. The number of ether oxygens (including phenoxy) is 2. The lowest BCUT2D eigenvalue weighted by molar-refractivity contribution is -0.159. The summed E-state index contributed by atoms with van der Waals surface area (Å²) < 4.78 is 10.7. The van der Waals surface area contributed by atoms with Gasteiger partial charge in [-0.2, -0.15) is 0 Å². The maximum Gasteiger partial charge on any atom is 0.340 e. The highest BCUT2D eigenvalue weighted by Crippen LogP contribution is 2.21. The van der Waals surface area contributed by atoms with E-state index in [2.05, 4.69) is 0 Å². The third-order valence-corrected chi connectivity index (χ3v) is 8.04. The Balaban J connectivity index is 0.962. The van der Waals surface area contributed by atoms with Crippen LogP contribution in [0.1, 0.15) is 20.7 Å². The summed E-state index contributed by atoms with van der Waals surface area (Å²) in [6, 6.07) is 25.1. The Morgan fingerprint density at radius 1 is 0.500 bits per heavy atom. The van der Waals surface area contributed by atoms with Crippen molar-refractivity contribution < 1.29 is 38.2 Å². The van der Waals surface area contributed by atoms with Gasteiger partial charge in [-0.1, -0.05) is 72.8 Å². The summed E-state index contributed by atoms with van der Waals surface area (Å²) in [5, 5.41) is 3.14. The molecular weight excluding hydrogens is 592 g/mol. The van der Waals surface area contributed by atoms with Crippen molar-refractivity contribution in [1.29, 1.82) is 0 Å². The summed E-state index contributed by atoms with van der Waals surface area (Å²) in [7, 11) is 0. The van der Waals surface area contributed by atoms with Crippen LogP contribution in [0.4, 0.5) is 0 Å². The van der Waals surface area contributed by atoms with Crippen molar-refractivity contribution in [3.05, 3.63) is 96.1 Å². The molecule has 2 aliphatic rings. The molecule has 12 heteroatoms. The molecule has 0 spiro atoms. The summed E-state index contributed by atoms with van der Waals surface area (Å²) in [5.74, 6) is -3.37. The smallest absolute Gasteiger partial charge is 0.340 e. The molecule has 0 unspecified atom stereocenters. The number of rotatable bonds is 9. The summed E-state index contributed by atoms with van der Waals surface area (Å²) in [6.45, 7) is -0.872. The van der Waals surface area contributed by atoms with Crippen molar-refractivity contribution in [3.8, 4) is 0 Å². The van der Waals surface area contributed by atoms with Crippen molar-refractivity contribution in [2.45, 2.75) is 0 Å². The van der Waals surface area contributed by atoms with Crippen LogP contribution in [0.25, 0.3) is 21.5 Å². The quantitative estimate of drug-likeness (QED) is 0.202. The number of carbonyl (C=O) groups is 6. The number of fused-ring (bicyclic) bond motifs is 2. The number of piperazine rings is 2. The van der Waals surface area contributed by atoms with E-state index in [1.807, 2.05) is 48.5 Å². The second-order valence-electron chi connectivity index (χ2n) is 11.0. The largest absolute Gasteiger partial charge is 0.440 e. The minimum atomic E-state index is -0.642. The molecule has 0 N–H and O–H groups in total. The first-order valence-corrected chi connectivity index (χ1v) is 14.7. The van der Waals surface area contributed by atoms with Gasteiger partial charge in [0.1, 0.15) is 0 Å². The Hall–Kier alpha value is -5.46. The van der Waals surface area contributed by atoms with Crippen LogP contribution in [0.2, 0.25) is 0 Å². The van der Waals surface area contributed by atoms with Gasteiger partial charge in [-0.15, -0.1) is 0 Å².